The number of benzene rings is 1. The van der Waals surface area contributed by atoms with Gasteiger partial charge in [0.1, 0.15) is 5.75 Å². The third-order valence-corrected chi connectivity index (χ3v) is 3.75. The van der Waals surface area contributed by atoms with E-state index in [0.29, 0.717) is 24.3 Å². The maximum atomic E-state index is 11.7. The maximum absolute atomic E-state index is 11.7. The lowest BCUT2D eigenvalue weighted by Crippen LogP contribution is -2.30. The van der Waals surface area contributed by atoms with Crippen molar-refractivity contribution in [1.82, 2.24) is 15.5 Å². The normalized spacial score (nSPS) is 12.0. The van der Waals surface area contributed by atoms with E-state index in [2.05, 4.69) is 15.5 Å². The van der Waals surface area contributed by atoms with E-state index in [0.717, 1.165) is 11.3 Å². The zero-order chi connectivity index (χ0) is 15.9. The van der Waals surface area contributed by atoms with E-state index in [4.69, 9.17) is 9.15 Å². The molecule has 0 aliphatic rings. The summed E-state index contributed by atoms with van der Waals surface area (Å²) in [5.41, 5.74) is 0.813. The Bertz CT molecular complexity index is 613. The molecule has 0 radical (unpaired) electrons. The van der Waals surface area contributed by atoms with Gasteiger partial charge in [0.15, 0.2) is 0 Å². The molecule has 0 saturated heterocycles. The molecule has 0 aliphatic carbocycles. The molecule has 1 aromatic heterocycles. The quantitative estimate of drug-likeness (QED) is 0.790. The number of rotatable bonds is 7. The zero-order valence-corrected chi connectivity index (χ0v) is 13.6. The molecule has 1 amide bonds. The average Bonchev–Trinajstić information content (AvgIpc) is 2.97. The number of amides is 1. The van der Waals surface area contributed by atoms with Gasteiger partial charge in [0.05, 0.1) is 11.9 Å². The first kappa shape index (κ1) is 16.4. The lowest BCUT2D eigenvalue weighted by atomic mass is 10.2. The van der Waals surface area contributed by atoms with Gasteiger partial charge in [0, 0.05) is 12.1 Å². The Labute approximate surface area is 133 Å². The Morgan fingerprint density at radius 2 is 2.05 bits per heavy atom. The van der Waals surface area contributed by atoms with Crippen LogP contribution >= 0.6 is 11.8 Å². The van der Waals surface area contributed by atoms with Gasteiger partial charge in [-0.25, -0.2) is 0 Å². The highest BCUT2D eigenvalue weighted by atomic mass is 32.2. The Kier molecular flexibility index (Phi) is 5.83. The highest BCUT2D eigenvalue weighted by Crippen LogP contribution is 2.27. The van der Waals surface area contributed by atoms with E-state index in [-0.39, 0.29) is 11.2 Å². The Hall–Kier alpha value is -2.02. The largest absolute Gasteiger partial charge is 0.494 e. The predicted octanol–water partition coefficient (Wildman–Crippen LogP) is 2.75. The van der Waals surface area contributed by atoms with Crippen molar-refractivity contribution in [3.8, 4) is 17.2 Å². The first-order valence-corrected chi connectivity index (χ1v) is 8.03. The van der Waals surface area contributed by atoms with Crippen molar-refractivity contribution in [2.45, 2.75) is 31.2 Å². The molecule has 1 atom stereocenters. The summed E-state index contributed by atoms with van der Waals surface area (Å²) in [6.07, 6.45) is 0. The predicted molar refractivity (Wildman–Crippen MR) is 84.9 cm³/mol. The fourth-order valence-electron chi connectivity index (χ4n) is 1.76. The number of ether oxygens (including phenoxy) is 1. The van der Waals surface area contributed by atoms with Crippen LogP contribution in [0, 0.1) is 0 Å². The third-order valence-electron chi connectivity index (χ3n) is 2.82. The van der Waals surface area contributed by atoms with Crippen LogP contribution in [0.2, 0.25) is 0 Å². The fourth-order valence-corrected chi connectivity index (χ4v) is 2.46. The van der Waals surface area contributed by atoms with Crippen LogP contribution in [0.4, 0.5) is 0 Å². The standard InChI is InChI=1S/C15H19N3O3S/c1-4-16-13(19)10(3)22-15-18-17-14(21-15)11-6-8-12(9-7-11)20-5-2/h6-10H,4-5H2,1-3H3,(H,16,19)/t10-/m1/s1. The lowest BCUT2D eigenvalue weighted by molar-refractivity contribution is -0.120. The van der Waals surface area contributed by atoms with Gasteiger partial charge in [0.25, 0.3) is 5.22 Å². The van der Waals surface area contributed by atoms with Gasteiger partial charge in [0.2, 0.25) is 11.8 Å². The monoisotopic (exact) mass is 321 g/mol. The van der Waals surface area contributed by atoms with Crippen LogP contribution < -0.4 is 10.1 Å². The first-order chi connectivity index (χ1) is 10.6. The maximum Gasteiger partial charge on any atom is 0.277 e. The number of hydrogen-bond donors (Lipinski definition) is 1. The number of nitrogens with one attached hydrogen (secondary N) is 1. The van der Waals surface area contributed by atoms with Crippen LogP contribution in [0.25, 0.3) is 11.5 Å². The molecule has 0 unspecified atom stereocenters. The van der Waals surface area contributed by atoms with E-state index < -0.39 is 0 Å². The smallest absolute Gasteiger partial charge is 0.277 e. The molecule has 0 aliphatic heterocycles. The number of hydrogen-bond acceptors (Lipinski definition) is 6. The minimum atomic E-state index is -0.284. The van der Waals surface area contributed by atoms with Gasteiger partial charge in [-0.2, -0.15) is 0 Å². The molecule has 7 heteroatoms. The number of carbonyl (C=O) groups is 1. The van der Waals surface area contributed by atoms with Gasteiger partial charge in [-0.1, -0.05) is 11.8 Å². The summed E-state index contributed by atoms with van der Waals surface area (Å²) in [5, 5.41) is 10.8. The molecule has 6 nitrogen and oxygen atoms in total. The van der Waals surface area contributed by atoms with Gasteiger partial charge >= 0.3 is 0 Å². The Morgan fingerprint density at radius 3 is 2.68 bits per heavy atom. The molecule has 0 saturated carbocycles. The number of aromatic nitrogens is 2. The topological polar surface area (TPSA) is 77.2 Å². The highest BCUT2D eigenvalue weighted by Gasteiger charge is 2.18. The van der Waals surface area contributed by atoms with Crippen LogP contribution in [-0.4, -0.2) is 34.5 Å². The Morgan fingerprint density at radius 1 is 1.32 bits per heavy atom. The van der Waals surface area contributed by atoms with E-state index in [1.54, 1.807) is 6.92 Å². The molecule has 1 heterocycles. The fraction of sp³-hybridized carbons (Fsp3) is 0.400. The van der Waals surface area contributed by atoms with Crippen LogP contribution in [0.3, 0.4) is 0 Å². The van der Waals surface area contributed by atoms with Crippen molar-refractivity contribution >= 4 is 17.7 Å². The number of carbonyl (C=O) groups excluding carboxylic acids is 1. The molecule has 2 aromatic rings. The second-order valence-electron chi connectivity index (χ2n) is 4.49. The van der Waals surface area contributed by atoms with Crippen molar-refractivity contribution in [2.24, 2.45) is 0 Å². The minimum absolute atomic E-state index is 0.0479. The van der Waals surface area contributed by atoms with Crippen LogP contribution in [-0.2, 0) is 4.79 Å². The summed E-state index contributed by atoms with van der Waals surface area (Å²) in [6, 6.07) is 7.43. The molecular weight excluding hydrogens is 302 g/mol. The molecule has 1 N–H and O–H groups in total. The van der Waals surface area contributed by atoms with E-state index in [1.165, 1.54) is 11.8 Å². The molecule has 2 rings (SSSR count). The lowest BCUT2D eigenvalue weighted by Gasteiger charge is -2.07. The Balaban J connectivity index is 2.03. The van der Waals surface area contributed by atoms with E-state index in [1.807, 2.05) is 38.1 Å². The second kappa shape index (κ2) is 7.84. The molecule has 22 heavy (non-hydrogen) atoms. The first-order valence-electron chi connectivity index (χ1n) is 7.15. The van der Waals surface area contributed by atoms with Crippen LogP contribution in [0.15, 0.2) is 33.9 Å². The molecule has 0 bridgehead atoms. The number of thioether (sulfide) groups is 1. The summed E-state index contributed by atoms with van der Waals surface area (Å²) in [6.45, 7) is 6.84. The molecule has 118 valence electrons. The van der Waals surface area contributed by atoms with Crippen molar-refractivity contribution in [3.05, 3.63) is 24.3 Å². The number of nitrogens with zero attached hydrogens (tertiary/aromatic N) is 2. The van der Waals surface area contributed by atoms with E-state index >= 15 is 0 Å². The zero-order valence-electron chi connectivity index (χ0n) is 12.8. The van der Waals surface area contributed by atoms with Crippen molar-refractivity contribution in [3.63, 3.8) is 0 Å². The molecule has 0 fully saturated rings. The van der Waals surface area contributed by atoms with Crippen molar-refractivity contribution in [2.75, 3.05) is 13.2 Å². The van der Waals surface area contributed by atoms with Gasteiger partial charge in [-0.3, -0.25) is 4.79 Å². The summed E-state index contributed by atoms with van der Waals surface area (Å²) >= 11 is 1.24. The summed E-state index contributed by atoms with van der Waals surface area (Å²) < 4.78 is 11.0. The highest BCUT2D eigenvalue weighted by molar-refractivity contribution is 8.00. The van der Waals surface area contributed by atoms with E-state index in [9.17, 15) is 4.79 Å². The van der Waals surface area contributed by atoms with Gasteiger partial charge < -0.3 is 14.5 Å². The summed E-state index contributed by atoms with van der Waals surface area (Å²) in [7, 11) is 0. The summed E-state index contributed by atoms with van der Waals surface area (Å²) in [5.74, 6) is 1.17. The van der Waals surface area contributed by atoms with Crippen molar-refractivity contribution in [1.29, 1.82) is 0 Å². The average molecular weight is 321 g/mol. The molecule has 1 aromatic carbocycles. The van der Waals surface area contributed by atoms with Crippen LogP contribution in [0.1, 0.15) is 20.8 Å². The summed E-state index contributed by atoms with van der Waals surface area (Å²) in [4.78, 5) is 11.7. The van der Waals surface area contributed by atoms with Gasteiger partial charge in [-0.15, -0.1) is 10.2 Å². The van der Waals surface area contributed by atoms with Gasteiger partial charge in [-0.05, 0) is 45.0 Å². The molecule has 0 spiro atoms. The third kappa shape index (κ3) is 4.24. The van der Waals surface area contributed by atoms with Crippen LogP contribution in [0.5, 0.6) is 5.75 Å². The van der Waals surface area contributed by atoms with Crippen molar-refractivity contribution < 1.29 is 13.9 Å². The minimum Gasteiger partial charge on any atom is -0.494 e. The second-order valence-corrected chi connectivity index (χ2v) is 5.78. The molecular formula is C15H19N3O3S. The SMILES string of the molecule is CCNC(=O)[C@@H](C)Sc1nnc(-c2ccc(OCC)cc2)o1.